The van der Waals surface area contributed by atoms with Gasteiger partial charge >= 0.3 is 0 Å². The van der Waals surface area contributed by atoms with Gasteiger partial charge in [0.05, 0.1) is 17.1 Å². The zero-order valence-electron chi connectivity index (χ0n) is 18.2. The molecule has 4 aromatic carbocycles. The van der Waals surface area contributed by atoms with Crippen molar-refractivity contribution in [3.63, 3.8) is 0 Å². The first-order valence-electron chi connectivity index (χ1n) is 10.3. The molecule has 0 fully saturated rings. The number of para-hydroxylation sites is 3. The van der Waals surface area contributed by atoms with E-state index in [1.807, 2.05) is 63.2 Å². The maximum Gasteiger partial charge on any atom is 0.171 e. The highest BCUT2D eigenvalue weighted by atomic mass is 16.5. The van der Waals surface area contributed by atoms with Crippen LogP contribution in [0.4, 0.5) is 17.1 Å². The lowest BCUT2D eigenvalue weighted by Gasteiger charge is -2.28. The molecule has 0 aliphatic heterocycles. The Bertz CT molecular complexity index is 1210. The third kappa shape index (κ3) is 3.93. The summed E-state index contributed by atoms with van der Waals surface area (Å²) < 4.78 is 6.01. The molecule has 0 spiro atoms. The molecular weight excluding hydrogens is 402 g/mol. The van der Waals surface area contributed by atoms with E-state index in [4.69, 9.17) is 4.74 Å². The second-order valence-corrected chi connectivity index (χ2v) is 7.74. The smallest absolute Gasteiger partial charge is 0.171 e. The van der Waals surface area contributed by atoms with Gasteiger partial charge in [-0.25, -0.2) is 0 Å². The van der Waals surface area contributed by atoms with E-state index in [2.05, 4.69) is 0 Å². The van der Waals surface area contributed by atoms with Crippen LogP contribution in [0.25, 0.3) is 0 Å². The molecule has 3 N–H and O–H groups in total. The number of rotatable bonds is 5. The molecule has 0 saturated heterocycles. The molecule has 0 bridgehead atoms. The molecule has 32 heavy (non-hydrogen) atoms. The normalized spacial score (nSPS) is 10.7. The molecule has 0 atom stereocenters. The van der Waals surface area contributed by atoms with Crippen molar-refractivity contribution in [1.82, 2.24) is 0 Å². The standard InChI is InChI=1S/C27H25NO4/c1-17-8-4-13-22(25(17)30)28(23-14-5-9-18(2)26(23)31)20-11-7-12-21(16-20)32-27-19(3)10-6-15-24(27)29/h4-16,29-31H,1-3H3. The van der Waals surface area contributed by atoms with E-state index >= 15 is 0 Å². The van der Waals surface area contributed by atoms with E-state index in [1.54, 1.807) is 41.3 Å². The summed E-state index contributed by atoms with van der Waals surface area (Å²) in [6.07, 6.45) is 0. The fourth-order valence-electron chi connectivity index (χ4n) is 3.63. The second kappa shape index (κ2) is 8.55. The third-order valence-electron chi connectivity index (χ3n) is 5.40. The van der Waals surface area contributed by atoms with Crippen molar-refractivity contribution in [3.05, 3.63) is 95.6 Å². The van der Waals surface area contributed by atoms with Crippen LogP contribution in [0.5, 0.6) is 28.7 Å². The largest absolute Gasteiger partial charge is 0.505 e. The topological polar surface area (TPSA) is 73.2 Å². The van der Waals surface area contributed by atoms with Gasteiger partial charge in [-0.1, -0.05) is 42.5 Å². The molecule has 0 aliphatic rings. The first-order valence-corrected chi connectivity index (χ1v) is 10.3. The summed E-state index contributed by atoms with van der Waals surface area (Å²) in [6, 6.07) is 23.4. The van der Waals surface area contributed by atoms with E-state index in [-0.39, 0.29) is 17.2 Å². The Labute approximate surface area is 187 Å². The maximum atomic E-state index is 10.8. The van der Waals surface area contributed by atoms with E-state index in [9.17, 15) is 15.3 Å². The van der Waals surface area contributed by atoms with E-state index in [0.29, 0.717) is 28.6 Å². The number of hydrogen-bond donors (Lipinski definition) is 3. The van der Waals surface area contributed by atoms with Gasteiger partial charge in [-0.3, -0.25) is 0 Å². The van der Waals surface area contributed by atoms with E-state index in [0.717, 1.165) is 16.7 Å². The Balaban J connectivity index is 1.86. The molecule has 0 saturated carbocycles. The number of phenols is 3. The number of benzene rings is 4. The highest BCUT2D eigenvalue weighted by Gasteiger charge is 2.21. The monoisotopic (exact) mass is 427 g/mol. The van der Waals surface area contributed by atoms with Gasteiger partial charge in [0.1, 0.15) is 17.2 Å². The molecule has 4 rings (SSSR count). The van der Waals surface area contributed by atoms with Crippen molar-refractivity contribution < 1.29 is 20.1 Å². The Morgan fingerprint density at radius 1 is 0.625 bits per heavy atom. The van der Waals surface area contributed by atoms with Crippen LogP contribution < -0.4 is 9.64 Å². The van der Waals surface area contributed by atoms with Gasteiger partial charge in [-0.15, -0.1) is 0 Å². The number of hydrogen-bond acceptors (Lipinski definition) is 5. The predicted octanol–water partition coefficient (Wildman–Crippen LogP) is 6.99. The summed E-state index contributed by atoms with van der Waals surface area (Å²) in [5.74, 6) is 1.19. The SMILES string of the molecule is Cc1cccc(N(c2cccc(Oc3c(C)cccc3O)c2)c2cccc(C)c2O)c1O. The van der Waals surface area contributed by atoms with Gasteiger partial charge in [0.15, 0.2) is 11.5 Å². The lowest BCUT2D eigenvalue weighted by atomic mass is 10.1. The molecular formula is C27H25NO4. The van der Waals surface area contributed by atoms with Crippen LogP contribution in [0.2, 0.25) is 0 Å². The lowest BCUT2D eigenvalue weighted by Crippen LogP contribution is -2.11. The van der Waals surface area contributed by atoms with Crippen molar-refractivity contribution >= 4 is 17.1 Å². The number of nitrogens with zero attached hydrogens (tertiary/aromatic N) is 1. The highest BCUT2D eigenvalue weighted by Crippen LogP contribution is 2.46. The molecule has 0 heterocycles. The molecule has 0 unspecified atom stereocenters. The summed E-state index contributed by atoms with van der Waals surface area (Å²) in [5, 5.41) is 31.9. The Hall–Kier alpha value is -4.12. The second-order valence-electron chi connectivity index (χ2n) is 7.74. The molecule has 0 aliphatic carbocycles. The van der Waals surface area contributed by atoms with Gasteiger partial charge in [-0.05, 0) is 67.8 Å². The van der Waals surface area contributed by atoms with Gasteiger partial charge in [-0.2, -0.15) is 0 Å². The zero-order chi connectivity index (χ0) is 22.8. The molecule has 0 radical (unpaired) electrons. The summed E-state index contributed by atoms with van der Waals surface area (Å²) in [4.78, 5) is 1.79. The molecule has 0 aromatic heterocycles. The average molecular weight is 428 g/mol. The molecule has 0 amide bonds. The van der Waals surface area contributed by atoms with Crippen LogP contribution in [0.3, 0.4) is 0 Å². The highest BCUT2D eigenvalue weighted by molar-refractivity contribution is 5.84. The summed E-state index contributed by atoms with van der Waals surface area (Å²) in [5.41, 5.74) is 3.98. The minimum absolute atomic E-state index is 0.0555. The quantitative estimate of drug-likeness (QED) is 0.320. The van der Waals surface area contributed by atoms with Crippen LogP contribution in [-0.4, -0.2) is 15.3 Å². The summed E-state index contributed by atoms with van der Waals surface area (Å²) in [7, 11) is 0. The fraction of sp³-hybridized carbons (Fsp3) is 0.111. The van der Waals surface area contributed by atoms with Gasteiger partial charge in [0, 0.05) is 6.07 Å². The summed E-state index contributed by atoms with van der Waals surface area (Å²) >= 11 is 0. The average Bonchev–Trinajstić information content (AvgIpc) is 2.77. The van der Waals surface area contributed by atoms with Crippen molar-refractivity contribution in [2.24, 2.45) is 0 Å². The van der Waals surface area contributed by atoms with Crippen LogP contribution in [-0.2, 0) is 0 Å². The third-order valence-corrected chi connectivity index (χ3v) is 5.40. The number of phenolic OH excluding ortho intramolecular Hbond substituents is 3. The molecule has 162 valence electrons. The summed E-state index contributed by atoms with van der Waals surface area (Å²) in [6.45, 7) is 5.52. The number of ether oxygens (including phenoxy) is 1. The Morgan fingerprint density at radius 2 is 1.16 bits per heavy atom. The van der Waals surface area contributed by atoms with E-state index in [1.165, 1.54) is 0 Å². The van der Waals surface area contributed by atoms with Gasteiger partial charge in [0.2, 0.25) is 0 Å². The van der Waals surface area contributed by atoms with Crippen LogP contribution in [0, 0.1) is 20.8 Å². The van der Waals surface area contributed by atoms with Crippen molar-refractivity contribution in [2.45, 2.75) is 20.8 Å². The number of aryl methyl sites for hydroxylation is 3. The molecule has 5 heteroatoms. The lowest BCUT2D eigenvalue weighted by molar-refractivity contribution is 0.409. The first-order chi connectivity index (χ1) is 15.4. The van der Waals surface area contributed by atoms with E-state index < -0.39 is 0 Å². The zero-order valence-corrected chi connectivity index (χ0v) is 18.2. The van der Waals surface area contributed by atoms with Crippen LogP contribution in [0.15, 0.2) is 78.9 Å². The van der Waals surface area contributed by atoms with Gasteiger partial charge in [0.25, 0.3) is 0 Å². The first kappa shape index (κ1) is 21.1. The molecule has 4 aromatic rings. The molecule has 5 nitrogen and oxygen atoms in total. The number of anilines is 3. The van der Waals surface area contributed by atoms with Crippen LogP contribution >= 0.6 is 0 Å². The van der Waals surface area contributed by atoms with Crippen LogP contribution in [0.1, 0.15) is 16.7 Å². The Kier molecular flexibility index (Phi) is 5.65. The minimum atomic E-state index is 0.0555. The van der Waals surface area contributed by atoms with Gasteiger partial charge < -0.3 is 25.0 Å². The fourth-order valence-corrected chi connectivity index (χ4v) is 3.63. The number of aromatic hydroxyl groups is 3. The predicted molar refractivity (Wildman–Crippen MR) is 127 cm³/mol. The van der Waals surface area contributed by atoms with Crippen molar-refractivity contribution in [1.29, 1.82) is 0 Å². The maximum absolute atomic E-state index is 10.8. The van der Waals surface area contributed by atoms with Crippen molar-refractivity contribution in [3.8, 4) is 28.7 Å². The van der Waals surface area contributed by atoms with Crippen molar-refractivity contribution in [2.75, 3.05) is 4.90 Å². The minimum Gasteiger partial charge on any atom is -0.505 e. The Morgan fingerprint density at radius 3 is 1.75 bits per heavy atom.